The van der Waals surface area contributed by atoms with E-state index in [1.807, 2.05) is 0 Å². The lowest BCUT2D eigenvalue weighted by molar-refractivity contribution is -0.348. The van der Waals surface area contributed by atoms with Crippen molar-refractivity contribution in [2.24, 2.45) is 0 Å². The Morgan fingerprint density at radius 2 is 1.53 bits per heavy atom. The third-order valence-electron chi connectivity index (χ3n) is 9.29. The highest BCUT2D eigenvalue weighted by Gasteiger charge is 2.74. The topological polar surface area (TPSA) is 54.5 Å². The van der Waals surface area contributed by atoms with Gasteiger partial charge in [0.05, 0.1) is 10.9 Å². The quantitative estimate of drug-likeness (QED) is 0.329. The highest BCUT2D eigenvalue weighted by molar-refractivity contribution is 7.92. The number of halogens is 9. The standard InChI is InChI=1S/C29H28F9NO3S/c1-17-5-8-20(16-22(17)30)43(41,42)26-13-14-39(24(40)25(31)11-3-2-4-12-25)23(26)10-6-18-15-19(7-9-21(18)26)27(32,28(33,34)35)29(36,37)38/h5,7-9,15-16,23H,2-4,6,10-14H2,1H3. The molecular weight excluding hydrogens is 613 g/mol. The summed E-state index contributed by atoms with van der Waals surface area (Å²) in [6.45, 7) is 1.11. The van der Waals surface area contributed by atoms with Gasteiger partial charge in [-0.3, -0.25) is 4.79 Å². The predicted octanol–water partition coefficient (Wildman–Crippen LogP) is 7.31. The highest BCUT2D eigenvalue weighted by Crippen LogP contribution is 2.57. The van der Waals surface area contributed by atoms with Gasteiger partial charge in [0.15, 0.2) is 15.5 Å². The molecule has 2 aliphatic carbocycles. The van der Waals surface area contributed by atoms with Gasteiger partial charge in [-0.2, -0.15) is 26.3 Å². The monoisotopic (exact) mass is 641 g/mol. The molecule has 1 amide bonds. The number of likely N-dealkylation sites (tertiary alicyclic amines) is 1. The van der Waals surface area contributed by atoms with Crippen LogP contribution in [0.25, 0.3) is 0 Å². The average Bonchev–Trinajstić information content (AvgIpc) is 3.34. The molecule has 0 bridgehead atoms. The average molecular weight is 642 g/mol. The van der Waals surface area contributed by atoms with E-state index in [2.05, 4.69) is 0 Å². The number of aryl methyl sites for hydroxylation is 2. The van der Waals surface area contributed by atoms with Crippen LogP contribution < -0.4 is 0 Å². The third kappa shape index (κ3) is 4.56. The lowest BCUT2D eigenvalue weighted by Crippen LogP contribution is -2.56. The summed E-state index contributed by atoms with van der Waals surface area (Å²) >= 11 is 0. The van der Waals surface area contributed by atoms with Crippen molar-refractivity contribution in [1.29, 1.82) is 0 Å². The van der Waals surface area contributed by atoms with Gasteiger partial charge in [-0.25, -0.2) is 21.6 Å². The molecule has 0 aromatic heterocycles. The maximum atomic E-state index is 15.9. The van der Waals surface area contributed by atoms with Crippen LogP contribution in [-0.2, 0) is 31.5 Å². The lowest BCUT2D eigenvalue weighted by Gasteiger charge is -2.44. The molecule has 1 aliphatic heterocycles. The van der Waals surface area contributed by atoms with E-state index in [4.69, 9.17) is 0 Å². The fourth-order valence-electron chi connectivity index (χ4n) is 7.01. The van der Waals surface area contributed by atoms with Crippen molar-refractivity contribution in [3.8, 4) is 0 Å². The van der Waals surface area contributed by atoms with Crippen LogP contribution in [0.2, 0.25) is 0 Å². The van der Waals surface area contributed by atoms with Gasteiger partial charge < -0.3 is 4.90 Å². The number of rotatable bonds is 4. The van der Waals surface area contributed by atoms with Crippen molar-refractivity contribution in [2.75, 3.05) is 6.54 Å². The van der Waals surface area contributed by atoms with E-state index in [-0.39, 0.29) is 61.4 Å². The van der Waals surface area contributed by atoms with Crippen LogP contribution in [0.3, 0.4) is 0 Å². The molecule has 14 heteroatoms. The molecule has 2 atom stereocenters. The number of hydrogen-bond acceptors (Lipinski definition) is 3. The normalized spacial score (nSPS) is 24.4. The van der Waals surface area contributed by atoms with E-state index in [9.17, 15) is 48.3 Å². The van der Waals surface area contributed by atoms with Crippen molar-refractivity contribution in [1.82, 2.24) is 4.90 Å². The fourth-order valence-corrected chi connectivity index (χ4v) is 9.39. The van der Waals surface area contributed by atoms with Crippen molar-refractivity contribution in [3.63, 3.8) is 0 Å². The van der Waals surface area contributed by atoms with E-state index in [1.54, 1.807) is 0 Å². The zero-order chi connectivity index (χ0) is 31.8. The van der Waals surface area contributed by atoms with Gasteiger partial charge in [0.1, 0.15) is 10.6 Å². The molecule has 3 aliphatic rings. The second-order valence-electron chi connectivity index (χ2n) is 11.7. The Hall–Kier alpha value is -2.77. The smallest absolute Gasteiger partial charge is 0.335 e. The van der Waals surface area contributed by atoms with Crippen LogP contribution in [0.4, 0.5) is 39.5 Å². The lowest BCUT2D eigenvalue weighted by atomic mass is 9.76. The molecule has 0 radical (unpaired) electrons. The van der Waals surface area contributed by atoms with E-state index < -0.39 is 66.5 Å². The molecule has 1 saturated carbocycles. The number of sulfone groups is 1. The minimum Gasteiger partial charge on any atom is -0.335 e. The Kier molecular flexibility index (Phi) is 7.46. The van der Waals surface area contributed by atoms with Crippen molar-refractivity contribution in [3.05, 3.63) is 64.5 Å². The summed E-state index contributed by atoms with van der Waals surface area (Å²) < 4.78 is 153. The van der Waals surface area contributed by atoms with E-state index in [1.165, 1.54) is 13.0 Å². The van der Waals surface area contributed by atoms with Gasteiger partial charge >= 0.3 is 18.0 Å². The van der Waals surface area contributed by atoms with Crippen molar-refractivity contribution >= 4 is 15.7 Å². The van der Waals surface area contributed by atoms with E-state index in [0.29, 0.717) is 31.4 Å². The van der Waals surface area contributed by atoms with Crippen LogP contribution in [0.5, 0.6) is 0 Å². The van der Waals surface area contributed by atoms with Crippen LogP contribution in [0.15, 0.2) is 41.3 Å². The molecule has 236 valence electrons. The summed E-state index contributed by atoms with van der Waals surface area (Å²) in [5.74, 6) is -1.81. The zero-order valence-corrected chi connectivity index (χ0v) is 23.7. The highest BCUT2D eigenvalue weighted by atomic mass is 32.2. The molecule has 5 rings (SSSR count). The summed E-state index contributed by atoms with van der Waals surface area (Å²) in [6, 6.07) is 3.12. The van der Waals surface area contributed by atoms with E-state index >= 15 is 4.39 Å². The minimum absolute atomic E-state index is 0.0780. The molecule has 2 fully saturated rings. The second-order valence-corrected chi connectivity index (χ2v) is 13.9. The van der Waals surface area contributed by atoms with Gasteiger partial charge in [0.2, 0.25) is 0 Å². The van der Waals surface area contributed by atoms with Crippen molar-refractivity contribution < 1.29 is 52.7 Å². The fraction of sp³-hybridized carbons (Fsp3) is 0.552. The van der Waals surface area contributed by atoms with Crippen LogP contribution in [0, 0.1) is 12.7 Å². The Labute approximate surface area is 242 Å². The molecule has 2 aromatic carbocycles. The molecule has 2 aromatic rings. The first-order valence-corrected chi connectivity index (χ1v) is 15.3. The maximum Gasteiger partial charge on any atom is 0.435 e. The Bertz CT molecular complexity index is 1530. The first-order valence-electron chi connectivity index (χ1n) is 13.8. The number of alkyl halides is 8. The molecule has 4 nitrogen and oxygen atoms in total. The predicted molar refractivity (Wildman–Crippen MR) is 137 cm³/mol. The molecule has 43 heavy (non-hydrogen) atoms. The van der Waals surface area contributed by atoms with Crippen LogP contribution >= 0.6 is 0 Å². The van der Waals surface area contributed by atoms with Crippen LogP contribution in [0.1, 0.15) is 67.2 Å². The number of amides is 1. The summed E-state index contributed by atoms with van der Waals surface area (Å²) in [5.41, 5.74) is -10.2. The van der Waals surface area contributed by atoms with Gasteiger partial charge in [0, 0.05) is 12.1 Å². The number of carbonyl (C=O) groups excluding carboxylic acids is 1. The number of fused-ring (bicyclic) bond motifs is 3. The minimum atomic E-state index is -6.38. The van der Waals surface area contributed by atoms with Gasteiger partial charge in [0.25, 0.3) is 5.91 Å². The zero-order valence-electron chi connectivity index (χ0n) is 22.9. The first-order chi connectivity index (χ1) is 19.8. The van der Waals surface area contributed by atoms with Crippen LogP contribution in [-0.4, -0.2) is 49.8 Å². The summed E-state index contributed by atoms with van der Waals surface area (Å²) in [7, 11) is -4.73. The maximum absolute atomic E-state index is 15.9. The Balaban J connectivity index is 1.70. The SMILES string of the molecule is Cc1ccc(S(=O)(=O)C23CCN(C(=O)C4(F)CCCCC4)C2CCc2cc(C(F)(C(F)(F)F)C(F)(F)F)ccc23)cc1F. The summed E-state index contributed by atoms with van der Waals surface area (Å²) in [6.07, 6.45) is -12.3. The molecule has 1 heterocycles. The number of carbonyl (C=O) groups is 1. The molecule has 0 spiro atoms. The van der Waals surface area contributed by atoms with Gasteiger partial charge in [-0.1, -0.05) is 30.7 Å². The molecular formula is C29H28F9NO3S. The molecule has 1 saturated heterocycles. The molecule has 0 N–H and O–H groups in total. The second kappa shape index (κ2) is 10.1. The van der Waals surface area contributed by atoms with Gasteiger partial charge in [-0.05, 0) is 80.7 Å². The Morgan fingerprint density at radius 3 is 2.12 bits per heavy atom. The third-order valence-corrected chi connectivity index (χ3v) is 11.8. The number of benzene rings is 2. The van der Waals surface area contributed by atoms with Crippen molar-refractivity contribution in [2.45, 2.75) is 97.7 Å². The molecule has 2 unspecified atom stereocenters. The van der Waals surface area contributed by atoms with E-state index in [0.717, 1.165) is 17.0 Å². The summed E-state index contributed by atoms with van der Waals surface area (Å²) in [5, 5.41) is 0. The number of nitrogens with zero attached hydrogens (tertiary/aromatic N) is 1. The summed E-state index contributed by atoms with van der Waals surface area (Å²) in [4.78, 5) is 14.2. The van der Waals surface area contributed by atoms with Gasteiger partial charge in [-0.15, -0.1) is 0 Å². The number of hydrogen-bond donors (Lipinski definition) is 0. The largest absolute Gasteiger partial charge is 0.435 e. The Morgan fingerprint density at radius 1 is 0.907 bits per heavy atom. The first kappa shape index (κ1) is 31.6.